The zero-order valence-corrected chi connectivity index (χ0v) is 11.1. The minimum absolute atomic E-state index is 0.0260. The van der Waals surface area contributed by atoms with Gasteiger partial charge < -0.3 is 9.42 Å². The zero-order valence-electron chi connectivity index (χ0n) is 10.1. The van der Waals surface area contributed by atoms with Crippen molar-refractivity contribution in [2.45, 2.75) is 18.9 Å². The molecule has 0 saturated heterocycles. The Morgan fingerprint density at radius 3 is 1.67 bits per heavy atom. The van der Waals surface area contributed by atoms with Gasteiger partial charge >= 0.3 is 0 Å². The van der Waals surface area contributed by atoms with E-state index in [2.05, 4.69) is 24.3 Å². The summed E-state index contributed by atoms with van der Waals surface area (Å²) in [6.45, 7) is 0. The molecule has 0 aliphatic heterocycles. The molecule has 1 atom stereocenters. The molecule has 0 aliphatic rings. The maximum atomic E-state index is 9.00. The predicted molar refractivity (Wildman–Crippen MR) is 75.7 cm³/mol. The Labute approximate surface area is 110 Å². The van der Waals surface area contributed by atoms with Crippen LogP contribution < -0.4 is 0 Å². The average Bonchev–Trinajstić information content (AvgIpc) is 2.41. The molecular formula is C15H17O2P. The number of rotatable bonds is 6. The highest BCUT2D eigenvalue weighted by Gasteiger charge is 2.11. The molecule has 18 heavy (non-hydrogen) atoms. The Morgan fingerprint density at radius 2 is 1.28 bits per heavy atom. The van der Waals surface area contributed by atoms with Gasteiger partial charge in [0, 0.05) is 0 Å². The summed E-state index contributed by atoms with van der Waals surface area (Å²) in [6.07, 6.45) is 1.67. The van der Waals surface area contributed by atoms with Crippen molar-refractivity contribution in [2.24, 2.45) is 0 Å². The Bertz CT molecular complexity index is 403. The Kier molecular flexibility index (Phi) is 5.35. The van der Waals surface area contributed by atoms with Crippen molar-refractivity contribution in [2.75, 3.05) is 0 Å². The van der Waals surface area contributed by atoms with Gasteiger partial charge in [0.05, 0.1) is 6.10 Å². The van der Waals surface area contributed by atoms with E-state index in [1.807, 2.05) is 36.4 Å². The van der Waals surface area contributed by atoms with Crippen LogP contribution >= 0.6 is 9.03 Å². The molecule has 0 heterocycles. The number of hydrogen-bond acceptors (Lipinski definition) is 2. The predicted octanol–water partition coefficient (Wildman–Crippen LogP) is 3.36. The van der Waals surface area contributed by atoms with Crippen molar-refractivity contribution in [1.82, 2.24) is 0 Å². The summed E-state index contributed by atoms with van der Waals surface area (Å²) in [5.74, 6) is 0. The summed E-state index contributed by atoms with van der Waals surface area (Å²) in [4.78, 5) is 9.00. The molecule has 1 N–H and O–H groups in total. The van der Waals surface area contributed by atoms with E-state index >= 15 is 0 Å². The molecule has 0 radical (unpaired) electrons. The van der Waals surface area contributed by atoms with Crippen LogP contribution in [0.25, 0.3) is 0 Å². The van der Waals surface area contributed by atoms with Gasteiger partial charge in [0.25, 0.3) is 0 Å². The number of benzene rings is 2. The van der Waals surface area contributed by atoms with Crippen LogP contribution in [0.15, 0.2) is 60.7 Å². The number of hydrogen-bond donors (Lipinski definition) is 1. The van der Waals surface area contributed by atoms with Crippen LogP contribution in [-0.4, -0.2) is 11.0 Å². The highest BCUT2D eigenvalue weighted by atomic mass is 31.1. The van der Waals surface area contributed by atoms with Crippen LogP contribution in [0.1, 0.15) is 11.1 Å². The fourth-order valence-corrected chi connectivity index (χ4v) is 2.30. The molecule has 0 spiro atoms. The van der Waals surface area contributed by atoms with Crippen molar-refractivity contribution >= 4 is 9.03 Å². The minimum atomic E-state index is -0.458. The van der Waals surface area contributed by atoms with E-state index in [0.29, 0.717) is 0 Å². The van der Waals surface area contributed by atoms with E-state index in [1.165, 1.54) is 11.1 Å². The first-order chi connectivity index (χ1) is 8.88. The van der Waals surface area contributed by atoms with Crippen LogP contribution in [0.4, 0.5) is 0 Å². The van der Waals surface area contributed by atoms with Gasteiger partial charge in [0.2, 0.25) is 0 Å². The van der Waals surface area contributed by atoms with Gasteiger partial charge in [-0.05, 0) is 24.0 Å². The summed E-state index contributed by atoms with van der Waals surface area (Å²) >= 11 is 0. The van der Waals surface area contributed by atoms with Crippen LogP contribution in [0, 0.1) is 0 Å². The molecule has 2 rings (SSSR count). The van der Waals surface area contributed by atoms with Gasteiger partial charge in [-0.15, -0.1) is 0 Å². The Hall–Kier alpha value is -1.21. The van der Waals surface area contributed by atoms with Gasteiger partial charge in [-0.2, -0.15) is 0 Å². The van der Waals surface area contributed by atoms with E-state index in [9.17, 15) is 0 Å². The Morgan fingerprint density at radius 1 is 0.833 bits per heavy atom. The molecule has 2 aromatic carbocycles. The van der Waals surface area contributed by atoms with Crippen molar-refractivity contribution in [3.05, 3.63) is 71.8 Å². The SMILES string of the molecule is OPOC(Cc1ccccc1)Cc1ccccc1. The van der Waals surface area contributed by atoms with E-state index < -0.39 is 9.03 Å². The quantitative estimate of drug-likeness (QED) is 0.807. The molecule has 0 saturated carbocycles. The van der Waals surface area contributed by atoms with Gasteiger partial charge in [-0.25, -0.2) is 0 Å². The van der Waals surface area contributed by atoms with Gasteiger partial charge in [0.15, 0.2) is 9.03 Å². The van der Waals surface area contributed by atoms with E-state index in [0.717, 1.165) is 12.8 Å². The van der Waals surface area contributed by atoms with Crippen molar-refractivity contribution in [1.29, 1.82) is 0 Å². The molecule has 0 fully saturated rings. The van der Waals surface area contributed by atoms with Crippen LogP contribution in [0.3, 0.4) is 0 Å². The summed E-state index contributed by atoms with van der Waals surface area (Å²) in [7, 11) is -0.458. The first-order valence-electron chi connectivity index (χ1n) is 6.01. The fraction of sp³-hybridized carbons (Fsp3) is 0.200. The topological polar surface area (TPSA) is 29.5 Å². The van der Waals surface area contributed by atoms with Crippen molar-refractivity contribution < 1.29 is 9.42 Å². The van der Waals surface area contributed by atoms with Gasteiger partial charge in [-0.1, -0.05) is 60.7 Å². The molecular weight excluding hydrogens is 243 g/mol. The molecule has 0 bridgehead atoms. The Balaban J connectivity index is 2.00. The summed E-state index contributed by atoms with van der Waals surface area (Å²) in [5, 5.41) is 0. The van der Waals surface area contributed by atoms with E-state index in [1.54, 1.807) is 0 Å². The second-order valence-corrected chi connectivity index (χ2v) is 4.63. The summed E-state index contributed by atoms with van der Waals surface area (Å²) < 4.78 is 5.43. The second-order valence-electron chi connectivity index (χ2n) is 4.21. The van der Waals surface area contributed by atoms with Crippen LogP contribution in [0.2, 0.25) is 0 Å². The summed E-state index contributed by atoms with van der Waals surface area (Å²) in [5.41, 5.74) is 2.47. The van der Waals surface area contributed by atoms with Crippen LogP contribution in [0.5, 0.6) is 0 Å². The lowest BCUT2D eigenvalue weighted by molar-refractivity contribution is 0.213. The molecule has 0 aliphatic carbocycles. The lowest BCUT2D eigenvalue weighted by Crippen LogP contribution is -2.15. The van der Waals surface area contributed by atoms with E-state index in [-0.39, 0.29) is 6.10 Å². The smallest absolute Gasteiger partial charge is 0.152 e. The lowest BCUT2D eigenvalue weighted by Gasteiger charge is -2.16. The minimum Gasteiger partial charge on any atom is -0.352 e. The maximum absolute atomic E-state index is 9.00. The molecule has 3 heteroatoms. The molecule has 0 aromatic heterocycles. The average molecular weight is 260 g/mol. The monoisotopic (exact) mass is 260 g/mol. The first-order valence-corrected chi connectivity index (χ1v) is 6.86. The maximum Gasteiger partial charge on any atom is 0.152 e. The normalized spacial score (nSPS) is 11.4. The fourth-order valence-electron chi connectivity index (χ4n) is 1.98. The highest BCUT2D eigenvalue weighted by Crippen LogP contribution is 2.18. The third-order valence-electron chi connectivity index (χ3n) is 2.83. The molecule has 2 nitrogen and oxygen atoms in total. The van der Waals surface area contributed by atoms with Crippen LogP contribution in [-0.2, 0) is 17.4 Å². The molecule has 0 amide bonds. The third-order valence-corrected chi connectivity index (χ3v) is 3.27. The summed E-state index contributed by atoms with van der Waals surface area (Å²) in [6, 6.07) is 20.4. The second kappa shape index (κ2) is 7.27. The van der Waals surface area contributed by atoms with E-state index in [4.69, 9.17) is 9.42 Å². The van der Waals surface area contributed by atoms with Crippen molar-refractivity contribution in [3.63, 3.8) is 0 Å². The van der Waals surface area contributed by atoms with Gasteiger partial charge in [-0.3, -0.25) is 0 Å². The first kappa shape index (κ1) is 13.2. The molecule has 2 aromatic rings. The largest absolute Gasteiger partial charge is 0.352 e. The zero-order chi connectivity index (χ0) is 12.6. The highest BCUT2D eigenvalue weighted by molar-refractivity contribution is 7.25. The molecule has 1 unspecified atom stereocenters. The van der Waals surface area contributed by atoms with Crippen molar-refractivity contribution in [3.8, 4) is 0 Å². The van der Waals surface area contributed by atoms with Gasteiger partial charge in [0.1, 0.15) is 0 Å². The standard InChI is InChI=1S/C15H17O2P/c16-18-17-15(11-13-7-3-1-4-8-13)12-14-9-5-2-6-10-14/h1-10,15-16,18H,11-12H2. The molecule has 94 valence electrons. The third kappa shape index (κ3) is 4.23. The lowest BCUT2D eigenvalue weighted by atomic mass is 10.0.